The van der Waals surface area contributed by atoms with Crippen molar-refractivity contribution >= 4 is 32.7 Å². The summed E-state index contributed by atoms with van der Waals surface area (Å²) in [6.07, 6.45) is -0.209. The lowest BCUT2D eigenvalue weighted by Gasteiger charge is -2.16. The first-order valence-corrected chi connectivity index (χ1v) is 9.54. The number of sulfonamides is 1. The average molecular weight is 395 g/mol. The number of hydrogen-bond donors (Lipinski definition) is 1. The van der Waals surface area contributed by atoms with Crippen LogP contribution in [0.15, 0.2) is 41.3 Å². The lowest BCUT2D eigenvalue weighted by molar-refractivity contribution is -0.144. The van der Waals surface area contributed by atoms with E-state index in [1.807, 2.05) is 0 Å². The van der Waals surface area contributed by atoms with Crippen molar-refractivity contribution in [3.63, 3.8) is 0 Å². The number of methoxy groups -OCH3 is 3. The molecule has 0 fully saturated rings. The molecule has 2 aromatic carbocycles. The second-order valence-electron chi connectivity index (χ2n) is 5.69. The number of hydrogen-bond acceptors (Lipinski definition) is 7. The molecule has 146 valence electrons. The van der Waals surface area contributed by atoms with Gasteiger partial charge in [0.25, 0.3) is 0 Å². The van der Waals surface area contributed by atoms with Crippen molar-refractivity contribution in [2.75, 3.05) is 21.3 Å². The number of benzene rings is 2. The maximum absolute atomic E-state index is 12.7. The van der Waals surface area contributed by atoms with Gasteiger partial charge in [-0.3, -0.25) is 9.59 Å². The van der Waals surface area contributed by atoms with Gasteiger partial charge in [0.2, 0.25) is 10.0 Å². The summed E-state index contributed by atoms with van der Waals surface area (Å²) in [7, 11) is -0.108. The maximum Gasteiger partial charge on any atom is 0.323 e. The Morgan fingerprint density at radius 1 is 1.00 bits per heavy atom. The molecule has 0 aliphatic heterocycles. The van der Waals surface area contributed by atoms with Crippen LogP contribution >= 0.6 is 0 Å². The number of nitrogens with one attached hydrogen (secondary N) is 1. The fraction of sp³-hybridized carbons (Fsp3) is 0.333. The van der Waals surface area contributed by atoms with Crippen LogP contribution in [0.25, 0.3) is 10.8 Å². The minimum Gasteiger partial charge on any atom is -0.497 e. The minimum absolute atomic E-state index is 0.00728. The molecule has 0 aliphatic rings. The minimum atomic E-state index is -4.01. The summed E-state index contributed by atoms with van der Waals surface area (Å²) in [4.78, 5) is 23.2. The van der Waals surface area contributed by atoms with Crippen LogP contribution in [-0.4, -0.2) is 47.7 Å². The van der Waals surface area contributed by atoms with Crippen molar-refractivity contribution in [1.82, 2.24) is 4.72 Å². The van der Waals surface area contributed by atoms with Gasteiger partial charge in [-0.25, -0.2) is 8.42 Å². The summed E-state index contributed by atoms with van der Waals surface area (Å²) >= 11 is 0. The van der Waals surface area contributed by atoms with Crippen molar-refractivity contribution in [1.29, 1.82) is 0 Å². The standard InChI is InChI=1S/C18H21NO7S/c1-24-14-6-4-13-11-15(7-5-12(13)10-14)27(22,23)19-16(18(21)26-3)8-9-17(20)25-2/h4-7,10-11,16,19H,8-9H2,1-3H3/t16-/m1/s1. The molecule has 2 aromatic rings. The fourth-order valence-corrected chi connectivity index (χ4v) is 3.74. The topological polar surface area (TPSA) is 108 Å². The molecule has 8 nitrogen and oxygen atoms in total. The van der Waals surface area contributed by atoms with E-state index in [0.717, 1.165) is 12.5 Å². The molecule has 27 heavy (non-hydrogen) atoms. The van der Waals surface area contributed by atoms with E-state index in [9.17, 15) is 18.0 Å². The Hall–Kier alpha value is -2.65. The number of rotatable bonds is 8. The van der Waals surface area contributed by atoms with Gasteiger partial charge in [0.15, 0.2) is 0 Å². The van der Waals surface area contributed by atoms with E-state index in [-0.39, 0.29) is 17.7 Å². The molecular weight excluding hydrogens is 374 g/mol. The van der Waals surface area contributed by atoms with E-state index >= 15 is 0 Å². The third-order valence-corrected chi connectivity index (χ3v) is 5.45. The largest absolute Gasteiger partial charge is 0.497 e. The lowest BCUT2D eigenvalue weighted by Crippen LogP contribution is -2.41. The van der Waals surface area contributed by atoms with Crippen molar-refractivity contribution in [2.45, 2.75) is 23.8 Å². The Balaban J connectivity index is 2.27. The van der Waals surface area contributed by atoms with Crippen LogP contribution in [0.3, 0.4) is 0 Å². The Labute approximate surface area is 157 Å². The smallest absolute Gasteiger partial charge is 0.323 e. The quantitative estimate of drug-likeness (QED) is 0.677. The van der Waals surface area contributed by atoms with Crippen LogP contribution in [0.1, 0.15) is 12.8 Å². The number of ether oxygens (including phenoxy) is 3. The highest BCUT2D eigenvalue weighted by atomic mass is 32.2. The molecule has 1 N–H and O–H groups in total. The fourth-order valence-electron chi connectivity index (χ4n) is 2.48. The average Bonchev–Trinajstić information content (AvgIpc) is 2.69. The summed E-state index contributed by atoms with van der Waals surface area (Å²) < 4.78 is 41.9. The van der Waals surface area contributed by atoms with Crippen molar-refractivity contribution in [3.8, 4) is 5.75 Å². The summed E-state index contributed by atoms with van der Waals surface area (Å²) in [6.45, 7) is 0. The van der Waals surface area contributed by atoms with Crippen LogP contribution in [0.4, 0.5) is 0 Å². The van der Waals surface area contributed by atoms with E-state index in [1.165, 1.54) is 19.2 Å². The van der Waals surface area contributed by atoms with Crippen LogP contribution < -0.4 is 9.46 Å². The maximum atomic E-state index is 12.7. The van der Waals surface area contributed by atoms with E-state index in [1.54, 1.807) is 31.4 Å². The SMILES string of the molecule is COC(=O)CC[C@@H](NS(=O)(=O)c1ccc2cc(OC)ccc2c1)C(=O)OC. The highest BCUT2D eigenvalue weighted by molar-refractivity contribution is 7.89. The second-order valence-corrected chi connectivity index (χ2v) is 7.40. The third-order valence-electron chi connectivity index (χ3n) is 3.98. The number of carbonyl (C=O) groups is 2. The molecule has 0 aliphatic carbocycles. The second kappa shape index (κ2) is 8.83. The monoisotopic (exact) mass is 395 g/mol. The van der Waals surface area contributed by atoms with Gasteiger partial charge < -0.3 is 14.2 Å². The molecular formula is C18H21NO7S. The lowest BCUT2D eigenvalue weighted by atomic mass is 10.1. The predicted molar refractivity (Wildman–Crippen MR) is 97.9 cm³/mol. The van der Waals surface area contributed by atoms with E-state index in [4.69, 9.17) is 4.74 Å². The summed E-state index contributed by atoms with van der Waals surface area (Å²) in [5, 5.41) is 1.51. The van der Waals surface area contributed by atoms with Gasteiger partial charge in [0.1, 0.15) is 11.8 Å². The van der Waals surface area contributed by atoms with Crippen molar-refractivity contribution in [3.05, 3.63) is 36.4 Å². The zero-order valence-electron chi connectivity index (χ0n) is 15.2. The molecule has 0 spiro atoms. The third kappa shape index (κ3) is 5.18. The highest BCUT2D eigenvalue weighted by Gasteiger charge is 2.27. The Morgan fingerprint density at radius 2 is 1.67 bits per heavy atom. The predicted octanol–water partition coefficient (Wildman–Crippen LogP) is 1.62. The Bertz CT molecular complexity index is 940. The zero-order chi connectivity index (χ0) is 20.0. The highest BCUT2D eigenvalue weighted by Crippen LogP contribution is 2.24. The Morgan fingerprint density at radius 3 is 2.30 bits per heavy atom. The first-order valence-electron chi connectivity index (χ1n) is 8.05. The molecule has 0 aromatic heterocycles. The molecule has 0 bridgehead atoms. The normalized spacial score (nSPS) is 12.4. The summed E-state index contributed by atoms with van der Waals surface area (Å²) in [5.41, 5.74) is 0. The van der Waals surface area contributed by atoms with Gasteiger partial charge in [0.05, 0.1) is 26.2 Å². The first-order chi connectivity index (χ1) is 12.8. The molecule has 9 heteroatoms. The van der Waals surface area contributed by atoms with Gasteiger partial charge in [-0.2, -0.15) is 4.72 Å². The van der Waals surface area contributed by atoms with Crippen LogP contribution in [0.5, 0.6) is 5.75 Å². The molecule has 0 radical (unpaired) electrons. The number of carbonyl (C=O) groups excluding carboxylic acids is 2. The van der Waals surface area contributed by atoms with Crippen molar-refractivity contribution < 1.29 is 32.2 Å². The molecule has 0 amide bonds. The van der Waals surface area contributed by atoms with Crippen LogP contribution in [0, 0.1) is 0 Å². The first kappa shape index (κ1) is 20.7. The molecule has 0 saturated carbocycles. The molecule has 0 heterocycles. The number of esters is 2. The summed E-state index contributed by atoms with van der Waals surface area (Å²) in [6, 6.07) is 8.61. The molecule has 0 saturated heterocycles. The van der Waals surface area contributed by atoms with Gasteiger partial charge >= 0.3 is 11.9 Å². The van der Waals surface area contributed by atoms with Gasteiger partial charge in [-0.15, -0.1) is 0 Å². The van der Waals surface area contributed by atoms with Crippen LogP contribution in [0.2, 0.25) is 0 Å². The summed E-state index contributed by atoms with van der Waals surface area (Å²) in [5.74, 6) is -0.680. The van der Waals surface area contributed by atoms with E-state index in [0.29, 0.717) is 11.1 Å². The zero-order valence-corrected chi connectivity index (χ0v) is 16.0. The van der Waals surface area contributed by atoms with Gasteiger partial charge in [-0.1, -0.05) is 12.1 Å². The molecule has 0 unspecified atom stereocenters. The van der Waals surface area contributed by atoms with Gasteiger partial charge in [0, 0.05) is 6.42 Å². The molecule has 2 rings (SSSR count). The van der Waals surface area contributed by atoms with E-state index < -0.39 is 28.0 Å². The van der Waals surface area contributed by atoms with Crippen molar-refractivity contribution in [2.24, 2.45) is 0 Å². The molecule has 1 atom stereocenters. The number of fused-ring (bicyclic) bond motifs is 1. The van der Waals surface area contributed by atoms with Gasteiger partial charge in [-0.05, 0) is 41.5 Å². The van der Waals surface area contributed by atoms with E-state index in [2.05, 4.69) is 14.2 Å². The van der Waals surface area contributed by atoms with Crippen LogP contribution in [-0.2, 0) is 29.1 Å². The Kier molecular flexibility index (Phi) is 6.75.